The van der Waals surface area contributed by atoms with Crippen LogP contribution in [0.4, 0.5) is 32.2 Å². The molecule has 0 radical (unpaired) electrons. The molecule has 0 fully saturated rings. The Hall–Kier alpha value is -6.15. The number of H-pyrrole nitrogens is 1. The van der Waals surface area contributed by atoms with Gasteiger partial charge in [0.25, 0.3) is 17.9 Å². The first kappa shape index (κ1) is 41.6. The Morgan fingerprint density at radius 2 is 1.74 bits per heavy atom. The summed E-state index contributed by atoms with van der Waals surface area (Å²) in [6, 6.07) is 10.5. The highest BCUT2D eigenvalue weighted by Crippen LogP contribution is 2.48. The molecule has 0 saturated carbocycles. The van der Waals surface area contributed by atoms with Crippen LogP contribution in [-0.2, 0) is 41.1 Å². The van der Waals surface area contributed by atoms with E-state index in [1.165, 1.54) is 31.4 Å². The van der Waals surface area contributed by atoms with Crippen molar-refractivity contribution < 1.29 is 35.3 Å². The normalized spacial score (nSPS) is 15.7. The average molecular weight is 883 g/mol. The van der Waals surface area contributed by atoms with E-state index >= 15 is 8.78 Å². The van der Waals surface area contributed by atoms with Crippen LogP contribution < -0.4 is 15.6 Å². The van der Waals surface area contributed by atoms with Crippen molar-refractivity contribution >= 4 is 56.1 Å². The Morgan fingerprint density at radius 3 is 2.41 bits per heavy atom. The maximum Gasteiger partial charge on any atom is 0.292 e. The third-order valence-corrected chi connectivity index (χ3v) is 11.1. The Bertz CT molecular complexity index is 2970. The van der Waals surface area contributed by atoms with Crippen LogP contribution in [0.15, 0.2) is 59.4 Å². The number of rotatable bonds is 11. The number of hydrogen-bond acceptors (Lipinski definition) is 8. The highest BCUT2D eigenvalue weighted by molar-refractivity contribution is 7.85. The van der Waals surface area contributed by atoms with Crippen LogP contribution in [0, 0.1) is 31.4 Å². The fourth-order valence-electron chi connectivity index (χ4n) is 7.74. The number of aromatic nitrogens is 8. The van der Waals surface area contributed by atoms with Crippen molar-refractivity contribution in [1.82, 2.24) is 44.8 Å². The number of nitrogens with zero attached hydrogens (tertiary/aromatic N) is 7. The molecule has 13 nitrogen and oxygen atoms in total. The lowest BCUT2D eigenvalue weighted by atomic mass is 10.0. The highest BCUT2D eigenvalue weighted by atomic mass is 35.5. The van der Waals surface area contributed by atoms with E-state index in [4.69, 9.17) is 16.6 Å². The molecule has 4 heterocycles. The first-order chi connectivity index (χ1) is 28.9. The molecule has 3 aromatic carbocycles. The van der Waals surface area contributed by atoms with Gasteiger partial charge >= 0.3 is 0 Å². The molecular formula is C40H33ClF6N10O3S. The van der Waals surface area contributed by atoms with Crippen molar-refractivity contribution in [2.24, 2.45) is 5.92 Å². The van der Waals surface area contributed by atoms with Crippen LogP contribution in [0.3, 0.4) is 0 Å². The summed E-state index contributed by atoms with van der Waals surface area (Å²) in [6.07, 6.45) is -2.68. The molecule has 3 unspecified atom stereocenters. The number of hydrogen-bond donors (Lipinski definition) is 3. The van der Waals surface area contributed by atoms with Crippen LogP contribution >= 0.6 is 11.6 Å². The highest BCUT2D eigenvalue weighted by Gasteiger charge is 2.51. The number of amides is 1. The number of alkyl halides is 4. The minimum atomic E-state index is -3.60. The molecule has 3 N–H and O–H groups in total. The second kappa shape index (κ2) is 15.7. The van der Waals surface area contributed by atoms with E-state index in [-0.39, 0.29) is 55.3 Å². The van der Waals surface area contributed by atoms with E-state index in [1.54, 1.807) is 32.0 Å². The van der Waals surface area contributed by atoms with Gasteiger partial charge in [0.2, 0.25) is 5.91 Å². The van der Waals surface area contributed by atoms with Crippen molar-refractivity contribution in [2.75, 3.05) is 11.0 Å². The number of nitrogens with one attached hydrogen (secondary N) is 3. The first-order valence-corrected chi connectivity index (χ1v) is 20.5. The Kier molecular flexibility index (Phi) is 10.7. The standard InChI is InChI=1S/C40H33ClF6N10O3S/c1-17-9-25-32(35(44)45)54-56(34(25)40(17,46)47)16-30(58)50-28(13-20-11-22(42)15-23(43)12-20)38-51-27-14-21(36-48-18(2)10-19(3)49-36)5-6-24(27)39(59)57(38)29-8-7-26(41)31-33(29)52-53-37(31)55-61(4)60/h5-8,10-12,14-15,17,28,35H,9,13,16H2,1-4H3,(H,50,58)(H2,52,53,55). The van der Waals surface area contributed by atoms with Crippen molar-refractivity contribution in [3.63, 3.8) is 0 Å². The molecule has 0 aliphatic heterocycles. The third-order valence-electron chi connectivity index (χ3n) is 10.3. The van der Waals surface area contributed by atoms with Crippen LogP contribution in [0.5, 0.6) is 0 Å². The number of fused-ring (bicyclic) bond motifs is 3. The second-order valence-electron chi connectivity index (χ2n) is 14.8. The minimum absolute atomic E-state index is 0.0129. The van der Waals surface area contributed by atoms with Crippen LogP contribution in [0.2, 0.25) is 5.02 Å². The SMILES string of the molecule is Cc1cc(C)nc(-c2ccc3c(=O)n(-c4ccc(Cl)c5c(NS(C)=O)n[nH]c45)c(C(Cc4cc(F)cc(F)c4)NC(=O)Cn4nc(C(F)F)c5c4C(F)(F)C(C)C5)nc3c2)n1. The lowest BCUT2D eigenvalue weighted by Gasteiger charge is -2.24. The zero-order valence-corrected chi connectivity index (χ0v) is 34.0. The molecule has 1 amide bonds. The number of carbonyl (C=O) groups is 1. The van der Waals surface area contributed by atoms with Crippen LogP contribution in [0.1, 0.15) is 59.1 Å². The third kappa shape index (κ3) is 7.73. The van der Waals surface area contributed by atoms with Gasteiger partial charge in [0, 0.05) is 47.2 Å². The quantitative estimate of drug-likeness (QED) is 0.113. The summed E-state index contributed by atoms with van der Waals surface area (Å²) >= 11 is 6.60. The number of aromatic amines is 1. The van der Waals surface area contributed by atoms with Crippen LogP contribution in [-0.4, -0.2) is 55.9 Å². The van der Waals surface area contributed by atoms with Gasteiger partial charge in [-0.25, -0.2) is 36.7 Å². The van der Waals surface area contributed by atoms with E-state index in [0.29, 0.717) is 33.5 Å². The summed E-state index contributed by atoms with van der Waals surface area (Å²) in [7, 11) is -1.61. The molecular weight excluding hydrogens is 850 g/mol. The maximum atomic E-state index is 15.5. The van der Waals surface area contributed by atoms with E-state index in [0.717, 1.165) is 16.7 Å². The molecule has 4 aromatic heterocycles. The Labute approximate surface area is 349 Å². The molecule has 3 atom stereocenters. The van der Waals surface area contributed by atoms with Gasteiger partial charge in [0.05, 0.1) is 38.6 Å². The predicted octanol–water partition coefficient (Wildman–Crippen LogP) is 7.49. The lowest BCUT2D eigenvalue weighted by molar-refractivity contribution is -0.123. The topological polar surface area (TPSA) is 165 Å². The zero-order chi connectivity index (χ0) is 43.7. The summed E-state index contributed by atoms with van der Waals surface area (Å²) in [5.74, 6) is -7.76. The molecule has 21 heteroatoms. The first-order valence-electron chi connectivity index (χ1n) is 18.6. The van der Waals surface area contributed by atoms with Crippen molar-refractivity contribution in [2.45, 2.75) is 58.5 Å². The minimum Gasteiger partial charge on any atom is -0.344 e. The molecule has 1 aliphatic carbocycles. The van der Waals surface area contributed by atoms with Gasteiger partial charge in [-0.15, -0.1) is 0 Å². The van der Waals surface area contributed by atoms with E-state index in [1.807, 2.05) is 0 Å². The van der Waals surface area contributed by atoms with Gasteiger partial charge in [0.15, 0.2) is 11.6 Å². The largest absolute Gasteiger partial charge is 0.344 e. The summed E-state index contributed by atoms with van der Waals surface area (Å²) in [6.45, 7) is 3.79. The molecule has 0 saturated heterocycles. The zero-order valence-electron chi connectivity index (χ0n) is 32.5. The number of aryl methyl sites for hydroxylation is 2. The maximum absolute atomic E-state index is 15.5. The second-order valence-corrected chi connectivity index (χ2v) is 16.3. The summed E-state index contributed by atoms with van der Waals surface area (Å²) in [4.78, 5) is 42.9. The lowest BCUT2D eigenvalue weighted by Crippen LogP contribution is -2.38. The molecule has 7 aromatic rings. The molecule has 316 valence electrons. The van der Waals surface area contributed by atoms with Crippen molar-refractivity contribution in [1.29, 1.82) is 0 Å². The Balaban J connectivity index is 1.35. The molecule has 8 rings (SSSR count). The Morgan fingerprint density at radius 1 is 1.03 bits per heavy atom. The summed E-state index contributed by atoms with van der Waals surface area (Å²) in [5.41, 5.74) is -0.670. The van der Waals surface area contributed by atoms with Gasteiger partial charge in [-0.05, 0) is 68.3 Å². The number of carbonyl (C=O) groups excluding carboxylic acids is 1. The van der Waals surface area contributed by atoms with Gasteiger partial charge in [-0.3, -0.25) is 28.7 Å². The van der Waals surface area contributed by atoms with Gasteiger partial charge in [0.1, 0.15) is 46.4 Å². The van der Waals surface area contributed by atoms with Crippen molar-refractivity contribution in [3.8, 4) is 17.1 Å². The smallest absolute Gasteiger partial charge is 0.292 e. The summed E-state index contributed by atoms with van der Waals surface area (Å²) < 4.78 is 105. The molecule has 61 heavy (non-hydrogen) atoms. The number of anilines is 1. The van der Waals surface area contributed by atoms with Gasteiger partial charge in [-0.2, -0.15) is 19.0 Å². The molecule has 0 bridgehead atoms. The van der Waals surface area contributed by atoms with Crippen LogP contribution in [0.25, 0.3) is 38.9 Å². The molecule has 1 aliphatic rings. The van der Waals surface area contributed by atoms with E-state index in [2.05, 4.69) is 35.3 Å². The van der Waals surface area contributed by atoms with E-state index < -0.39 is 89.2 Å². The monoisotopic (exact) mass is 882 g/mol. The molecule has 0 spiro atoms. The summed E-state index contributed by atoms with van der Waals surface area (Å²) in [5, 5.41) is 13.8. The number of benzene rings is 3. The van der Waals surface area contributed by atoms with Crippen molar-refractivity contribution in [3.05, 3.63) is 121 Å². The van der Waals surface area contributed by atoms with Gasteiger partial charge in [-0.1, -0.05) is 24.6 Å². The fourth-order valence-corrected chi connectivity index (χ4v) is 8.40. The predicted molar refractivity (Wildman–Crippen MR) is 215 cm³/mol. The van der Waals surface area contributed by atoms with Gasteiger partial charge < -0.3 is 5.32 Å². The number of halogens is 7. The van der Waals surface area contributed by atoms with E-state index in [9.17, 15) is 31.4 Å². The average Bonchev–Trinajstić information content (AvgIpc) is 3.82. The fraction of sp³-hybridized carbons (Fsp3) is 0.275.